The molecule has 1 amide bonds. The van der Waals surface area contributed by atoms with Crippen LogP contribution in [0.4, 0.5) is 11.5 Å². The van der Waals surface area contributed by atoms with Crippen LogP contribution in [0.3, 0.4) is 0 Å². The molecule has 0 saturated carbocycles. The number of aromatic nitrogens is 3. The molecule has 108 valence electrons. The Morgan fingerprint density at radius 2 is 2.38 bits per heavy atom. The zero-order chi connectivity index (χ0) is 17.7. The smallest absolute Gasteiger partial charge is 0.273 e. The minimum atomic E-state index is -2.62. The number of nitrogens with one attached hydrogen (secondary N) is 2. The van der Waals surface area contributed by atoms with Crippen molar-refractivity contribution in [3.05, 3.63) is 42.4 Å². The number of carbonyl (C=O) groups is 1. The van der Waals surface area contributed by atoms with Gasteiger partial charge in [-0.25, -0.2) is 4.98 Å². The van der Waals surface area contributed by atoms with Gasteiger partial charge in [-0.05, 0) is 30.5 Å². The van der Waals surface area contributed by atoms with Gasteiger partial charge >= 0.3 is 0 Å². The summed E-state index contributed by atoms with van der Waals surface area (Å²) < 4.78 is 21.4. The molecule has 2 aromatic heterocycles. The van der Waals surface area contributed by atoms with Gasteiger partial charge in [-0.15, -0.1) is 16.9 Å². The van der Waals surface area contributed by atoms with Crippen molar-refractivity contribution < 1.29 is 8.91 Å². The topological polar surface area (TPSA) is 79.8 Å². The summed E-state index contributed by atoms with van der Waals surface area (Å²) in [6, 6.07) is 5.21. The SMILES string of the molecule is [2H]C([2H])([2H])NC(=O)c1nnc(C=C)cc1Nc1ncccc1SC. The van der Waals surface area contributed by atoms with Gasteiger partial charge in [0.05, 0.1) is 11.4 Å². The molecule has 0 aliphatic carbocycles. The largest absolute Gasteiger partial charge is 0.354 e. The second kappa shape index (κ2) is 6.85. The van der Waals surface area contributed by atoms with Crippen molar-refractivity contribution in [2.45, 2.75) is 4.90 Å². The van der Waals surface area contributed by atoms with Crippen molar-refractivity contribution in [1.82, 2.24) is 20.5 Å². The van der Waals surface area contributed by atoms with Gasteiger partial charge in [0.25, 0.3) is 5.91 Å². The van der Waals surface area contributed by atoms with Crippen molar-refractivity contribution in [2.24, 2.45) is 0 Å². The number of nitrogens with zero attached hydrogens (tertiary/aromatic N) is 3. The number of carbonyl (C=O) groups excluding carboxylic acids is 1. The average Bonchev–Trinajstić information content (AvgIpc) is 2.53. The number of hydrogen-bond donors (Lipinski definition) is 2. The fourth-order valence-corrected chi connectivity index (χ4v) is 2.12. The molecule has 0 radical (unpaired) electrons. The van der Waals surface area contributed by atoms with E-state index in [2.05, 4.69) is 27.1 Å². The van der Waals surface area contributed by atoms with Crippen LogP contribution in [-0.2, 0) is 0 Å². The van der Waals surface area contributed by atoms with Gasteiger partial charge < -0.3 is 10.6 Å². The van der Waals surface area contributed by atoms with E-state index in [1.807, 2.05) is 17.6 Å². The van der Waals surface area contributed by atoms with Crippen LogP contribution in [0.5, 0.6) is 0 Å². The summed E-state index contributed by atoms with van der Waals surface area (Å²) in [5.74, 6) is -0.335. The van der Waals surface area contributed by atoms with E-state index in [4.69, 9.17) is 4.11 Å². The zero-order valence-corrected chi connectivity index (χ0v) is 12.1. The van der Waals surface area contributed by atoms with E-state index in [9.17, 15) is 4.79 Å². The lowest BCUT2D eigenvalue weighted by atomic mass is 10.2. The second-order valence-electron chi connectivity index (χ2n) is 3.87. The van der Waals surface area contributed by atoms with E-state index in [1.165, 1.54) is 17.8 Å². The first-order chi connectivity index (χ1) is 11.3. The van der Waals surface area contributed by atoms with E-state index in [0.717, 1.165) is 4.90 Å². The van der Waals surface area contributed by atoms with Crippen molar-refractivity contribution >= 4 is 35.3 Å². The number of rotatable bonds is 5. The number of pyridine rings is 1. The Labute approximate surface area is 131 Å². The van der Waals surface area contributed by atoms with Crippen LogP contribution in [-0.4, -0.2) is 34.3 Å². The molecule has 0 saturated heterocycles. The maximum atomic E-state index is 12.2. The van der Waals surface area contributed by atoms with Crippen LogP contribution in [0.2, 0.25) is 0 Å². The molecule has 0 aromatic carbocycles. The van der Waals surface area contributed by atoms with Crippen LogP contribution in [0.25, 0.3) is 6.08 Å². The van der Waals surface area contributed by atoms with Crippen molar-refractivity contribution in [2.75, 3.05) is 18.5 Å². The lowest BCUT2D eigenvalue weighted by Crippen LogP contribution is -2.21. The third-order valence-electron chi connectivity index (χ3n) is 2.59. The van der Waals surface area contributed by atoms with Crippen LogP contribution in [0, 0.1) is 0 Å². The molecule has 0 aliphatic heterocycles. The van der Waals surface area contributed by atoms with Gasteiger partial charge in [0.1, 0.15) is 5.82 Å². The number of hydrogen-bond acceptors (Lipinski definition) is 6. The standard InChI is InChI=1S/C14H15N5OS/c1-4-9-8-10(12(19-18-9)14(20)15-2)17-13-11(21-3)6-5-7-16-13/h4-8H,1H2,2-3H3,(H,15,20)(H,16,17,18)/i2D3. The molecule has 2 aromatic rings. The molecular formula is C14H15N5OS. The summed E-state index contributed by atoms with van der Waals surface area (Å²) in [5.41, 5.74) is 0.578. The molecule has 0 unspecified atom stereocenters. The van der Waals surface area contributed by atoms with Crippen LogP contribution >= 0.6 is 11.8 Å². The number of amides is 1. The van der Waals surface area contributed by atoms with E-state index in [1.54, 1.807) is 18.3 Å². The quantitative estimate of drug-likeness (QED) is 0.825. The Kier molecular flexibility index (Phi) is 3.68. The van der Waals surface area contributed by atoms with E-state index < -0.39 is 12.9 Å². The first-order valence-corrected chi connectivity index (χ1v) is 7.15. The molecule has 0 fully saturated rings. The Balaban J connectivity index is 2.43. The van der Waals surface area contributed by atoms with Gasteiger partial charge in [-0.2, -0.15) is 5.10 Å². The predicted octanol–water partition coefficient (Wildman–Crippen LogP) is 2.34. The molecule has 0 spiro atoms. The third-order valence-corrected chi connectivity index (χ3v) is 3.36. The zero-order valence-electron chi connectivity index (χ0n) is 14.3. The Bertz CT molecular complexity index is 766. The number of anilines is 2. The van der Waals surface area contributed by atoms with Gasteiger partial charge in [0.15, 0.2) is 5.69 Å². The van der Waals surface area contributed by atoms with E-state index in [0.29, 0.717) is 11.5 Å². The fraction of sp³-hybridized carbons (Fsp3) is 0.143. The lowest BCUT2D eigenvalue weighted by Gasteiger charge is -2.12. The first kappa shape index (κ1) is 11.3. The highest BCUT2D eigenvalue weighted by atomic mass is 32.2. The minimum absolute atomic E-state index is 0.144. The highest BCUT2D eigenvalue weighted by Crippen LogP contribution is 2.27. The van der Waals surface area contributed by atoms with E-state index in [-0.39, 0.29) is 11.4 Å². The van der Waals surface area contributed by atoms with Crippen LogP contribution in [0.15, 0.2) is 35.9 Å². The molecular weight excluding hydrogens is 286 g/mol. The lowest BCUT2D eigenvalue weighted by molar-refractivity contribution is 0.0958. The fourth-order valence-electron chi connectivity index (χ4n) is 1.61. The maximum absolute atomic E-state index is 12.2. The third kappa shape index (κ3) is 3.38. The van der Waals surface area contributed by atoms with Gasteiger partial charge in [-0.3, -0.25) is 4.79 Å². The normalized spacial score (nSPS) is 12.7. The summed E-state index contributed by atoms with van der Waals surface area (Å²) in [7, 11) is 0. The maximum Gasteiger partial charge on any atom is 0.273 e. The van der Waals surface area contributed by atoms with Crippen LogP contribution in [0.1, 0.15) is 20.3 Å². The molecule has 0 bridgehead atoms. The monoisotopic (exact) mass is 304 g/mol. The summed E-state index contributed by atoms with van der Waals surface area (Å²) in [4.78, 5) is 17.2. The molecule has 2 N–H and O–H groups in total. The Morgan fingerprint density at radius 3 is 3.10 bits per heavy atom. The molecule has 6 nitrogen and oxygen atoms in total. The highest BCUT2D eigenvalue weighted by Gasteiger charge is 2.15. The predicted molar refractivity (Wildman–Crippen MR) is 84.8 cm³/mol. The van der Waals surface area contributed by atoms with Gasteiger partial charge in [0.2, 0.25) is 0 Å². The van der Waals surface area contributed by atoms with Crippen molar-refractivity contribution in [3.63, 3.8) is 0 Å². The molecule has 0 aliphatic rings. The van der Waals surface area contributed by atoms with Crippen LogP contribution < -0.4 is 10.6 Å². The summed E-state index contributed by atoms with van der Waals surface area (Å²) in [5, 5.41) is 12.5. The summed E-state index contributed by atoms with van der Waals surface area (Å²) >= 11 is 1.48. The molecule has 2 rings (SSSR count). The molecule has 7 heteroatoms. The van der Waals surface area contributed by atoms with Gasteiger partial charge in [-0.1, -0.05) is 6.58 Å². The van der Waals surface area contributed by atoms with E-state index >= 15 is 0 Å². The number of thioether (sulfide) groups is 1. The van der Waals surface area contributed by atoms with Gasteiger partial charge in [0, 0.05) is 22.2 Å². The highest BCUT2D eigenvalue weighted by molar-refractivity contribution is 7.98. The van der Waals surface area contributed by atoms with Crippen molar-refractivity contribution in [3.8, 4) is 0 Å². The Hall–Kier alpha value is -2.41. The molecule has 0 atom stereocenters. The Morgan fingerprint density at radius 1 is 1.52 bits per heavy atom. The first-order valence-electron chi connectivity index (χ1n) is 7.43. The molecule has 2 heterocycles. The second-order valence-corrected chi connectivity index (χ2v) is 4.72. The van der Waals surface area contributed by atoms with Crippen molar-refractivity contribution in [1.29, 1.82) is 0 Å². The average molecular weight is 304 g/mol. The molecule has 21 heavy (non-hydrogen) atoms. The summed E-state index contributed by atoms with van der Waals surface area (Å²) in [6.07, 6.45) is 4.97. The minimum Gasteiger partial charge on any atom is -0.354 e. The summed E-state index contributed by atoms with van der Waals surface area (Å²) in [6.45, 7) is 0.984.